The number of carboxylic acid groups (broad SMARTS) is 1. The lowest BCUT2D eigenvalue weighted by Crippen LogP contribution is -2.33. The number of carboxylic acids is 1. The third-order valence-corrected chi connectivity index (χ3v) is 2.48. The Morgan fingerprint density at radius 2 is 1.94 bits per heavy atom. The van der Waals surface area contributed by atoms with Crippen LogP contribution in [0.25, 0.3) is 0 Å². The van der Waals surface area contributed by atoms with E-state index in [1.165, 1.54) is 7.11 Å². The Hall–Kier alpha value is -2.04. The van der Waals surface area contributed by atoms with E-state index in [-0.39, 0.29) is 5.91 Å². The molecule has 1 atom stereocenters. The third kappa shape index (κ3) is 3.76. The number of ether oxygens (including phenoxy) is 1. The Bertz CT molecular complexity index is 414. The highest BCUT2D eigenvalue weighted by Crippen LogP contribution is 2.18. The average Bonchev–Trinajstić information content (AvgIpc) is 2.36. The van der Waals surface area contributed by atoms with Gasteiger partial charge < -0.3 is 15.2 Å². The number of carbonyl (C=O) groups excluding carboxylic acids is 1. The molecule has 0 spiro atoms. The molecule has 1 amide bonds. The van der Waals surface area contributed by atoms with Gasteiger partial charge in [0.15, 0.2) is 6.04 Å². The van der Waals surface area contributed by atoms with Gasteiger partial charge in [0, 0.05) is 6.42 Å². The zero-order valence-electron chi connectivity index (χ0n) is 10.5. The van der Waals surface area contributed by atoms with Crippen LogP contribution in [0.4, 0.5) is 0 Å². The summed E-state index contributed by atoms with van der Waals surface area (Å²) < 4.78 is 4.99. The molecule has 0 aromatic heterocycles. The van der Waals surface area contributed by atoms with Crippen LogP contribution >= 0.6 is 0 Å². The molecule has 5 nitrogen and oxygen atoms in total. The van der Waals surface area contributed by atoms with Crippen LogP contribution in [-0.4, -0.2) is 24.1 Å². The van der Waals surface area contributed by atoms with Crippen LogP contribution in [0, 0.1) is 0 Å². The molecule has 2 N–H and O–H groups in total. The van der Waals surface area contributed by atoms with Crippen molar-refractivity contribution in [3.63, 3.8) is 0 Å². The maximum Gasteiger partial charge on any atom is 0.330 e. The van der Waals surface area contributed by atoms with E-state index in [9.17, 15) is 9.59 Å². The molecule has 1 rings (SSSR count). The van der Waals surface area contributed by atoms with E-state index in [2.05, 4.69) is 5.32 Å². The number of hydrogen-bond donors (Lipinski definition) is 2. The number of amides is 1. The van der Waals surface area contributed by atoms with Crippen molar-refractivity contribution in [2.75, 3.05) is 7.11 Å². The lowest BCUT2D eigenvalue weighted by molar-refractivity contribution is -0.142. The van der Waals surface area contributed by atoms with E-state index in [0.29, 0.717) is 24.2 Å². The summed E-state index contributed by atoms with van der Waals surface area (Å²) in [4.78, 5) is 22.6. The molecule has 5 heteroatoms. The van der Waals surface area contributed by atoms with Crippen LogP contribution in [0.3, 0.4) is 0 Å². The molecule has 0 heterocycles. The van der Waals surface area contributed by atoms with Crippen molar-refractivity contribution in [1.29, 1.82) is 0 Å². The highest BCUT2D eigenvalue weighted by atomic mass is 16.5. The number of benzene rings is 1. The molecular formula is C13H17NO4. The summed E-state index contributed by atoms with van der Waals surface area (Å²) in [7, 11) is 1.53. The lowest BCUT2D eigenvalue weighted by atomic mass is 10.1. The van der Waals surface area contributed by atoms with Crippen molar-refractivity contribution in [3.05, 3.63) is 29.8 Å². The first-order valence-electron chi connectivity index (χ1n) is 5.74. The predicted octanol–water partition coefficient (Wildman–Crippen LogP) is 1.74. The fourth-order valence-corrected chi connectivity index (χ4v) is 1.54. The number of rotatable bonds is 6. The number of aliphatic carboxylic acids is 1. The Labute approximate surface area is 106 Å². The van der Waals surface area contributed by atoms with Gasteiger partial charge in [-0.2, -0.15) is 0 Å². The summed E-state index contributed by atoms with van der Waals surface area (Å²) in [6, 6.07) is 5.57. The Balaban J connectivity index is 2.83. The molecule has 18 heavy (non-hydrogen) atoms. The van der Waals surface area contributed by atoms with Crippen molar-refractivity contribution < 1.29 is 19.4 Å². The quantitative estimate of drug-likeness (QED) is 0.807. The van der Waals surface area contributed by atoms with Gasteiger partial charge >= 0.3 is 5.97 Å². The van der Waals surface area contributed by atoms with Crippen LogP contribution in [0.5, 0.6) is 5.75 Å². The number of methoxy groups -OCH3 is 1. The van der Waals surface area contributed by atoms with Crippen molar-refractivity contribution in [2.45, 2.75) is 25.8 Å². The standard InChI is InChI=1S/C13H17NO4/c1-3-4-11(15)14-12(13(16)17)9-5-7-10(18-2)8-6-9/h5-8,12H,3-4H2,1-2H3,(H,14,15)(H,16,17). The van der Waals surface area contributed by atoms with Gasteiger partial charge in [-0.15, -0.1) is 0 Å². The number of nitrogens with one attached hydrogen (secondary N) is 1. The second kappa shape index (κ2) is 6.64. The van der Waals surface area contributed by atoms with Crippen molar-refractivity contribution >= 4 is 11.9 Å². The summed E-state index contributed by atoms with van der Waals surface area (Å²) in [6.45, 7) is 1.86. The van der Waals surface area contributed by atoms with Crippen molar-refractivity contribution in [3.8, 4) is 5.75 Å². The molecule has 98 valence electrons. The van der Waals surface area contributed by atoms with Gasteiger partial charge in [-0.3, -0.25) is 4.79 Å². The molecule has 0 aliphatic carbocycles. The fraction of sp³-hybridized carbons (Fsp3) is 0.385. The molecule has 0 saturated heterocycles. The van der Waals surface area contributed by atoms with E-state index in [1.54, 1.807) is 24.3 Å². The van der Waals surface area contributed by atoms with Crippen LogP contribution < -0.4 is 10.1 Å². The molecule has 0 aliphatic heterocycles. The molecule has 0 radical (unpaired) electrons. The normalized spacial score (nSPS) is 11.7. The first kappa shape index (κ1) is 14.0. The minimum Gasteiger partial charge on any atom is -0.497 e. The minimum absolute atomic E-state index is 0.263. The molecule has 1 unspecified atom stereocenters. The fourth-order valence-electron chi connectivity index (χ4n) is 1.54. The van der Waals surface area contributed by atoms with Gasteiger partial charge in [-0.1, -0.05) is 19.1 Å². The topological polar surface area (TPSA) is 75.6 Å². The summed E-state index contributed by atoms with van der Waals surface area (Å²) in [5, 5.41) is 11.6. The second-order valence-corrected chi connectivity index (χ2v) is 3.86. The predicted molar refractivity (Wildman–Crippen MR) is 66.4 cm³/mol. The first-order chi connectivity index (χ1) is 8.58. The number of hydrogen-bond acceptors (Lipinski definition) is 3. The van der Waals surface area contributed by atoms with Gasteiger partial charge in [0.05, 0.1) is 7.11 Å². The van der Waals surface area contributed by atoms with E-state index in [0.717, 1.165) is 0 Å². The average molecular weight is 251 g/mol. The van der Waals surface area contributed by atoms with Gasteiger partial charge in [0.2, 0.25) is 5.91 Å². The van der Waals surface area contributed by atoms with E-state index < -0.39 is 12.0 Å². The summed E-state index contributed by atoms with van der Waals surface area (Å²) in [5.41, 5.74) is 0.521. The first-order valence-corrected chi connectivity index (χ1v) is 5.74. The zero-order chi connectivity index (χ0) is 13.5. The minimum atomic E-state index is -1.08. The Morgan fingerprint density at radius 3 is 2.39 bits per heavy atom. The van der Waals surface area contributed by atoms with Gasteiger partial charge in [0.25, 0.3) is 0 Å². The third-order valence-electron chi connectivity index (χ3n) is 2.48. The van der Waals surface area contributed by atoms with Crippen LogP contribution in [-0.2, 0) is 9.59 Å². The maximum atomic E-state index is 11.5. The van der Waals surface area contributed by atoms with Gasteiger partial charge in [-0.05, 0) is 24.1 Å². The molecule has 0 aliphatic rings. The van der Waals surface area contributed by atoms with Gasteiger partial charge in [-0.25, -0.2) is 4.79 Å². The molecule has 0 saturated carbocycles. The Kier molecular flexibility index (Phi) is 5.17. The smallest absolute Gasteiger partial charge is 0.330 e. The van der Waals surface area contributed by atoms with Crippen LogP contribution in [0.1, 0.15) is 31.4 Å². The van der Waals surface area contributed by atoms with Crippen LogP contribution in [0.2, 0.25) is 0 Å². The monoisotopic (exact) mass is 251 g/mol. The Morgan fingerprint density at radius 1 is 1.33 bits per heavy atom. The van der Waals surface area contributed by atoms with E-state index >= 15 is 0 Å². The maximum absolute atomic E-state index is 11.5. The number of carbonyl (C=O) groups is 2. The molecule has 0 bridgehead atoms. The highest BCUT2D eigenvalue weighted by Gasteiger charge is 2.21. The summed E-state index contributed by atoms with van der Waals surface area (Å²) in [6.07, 6.45) is 1.00. The van der Waals surface area contributed by atoms with Crippen LogP contribution in [0.15, 0.2) is 24.3 Å². The summed E-state index contributed by atoms with van der Waals surface area (Å²) in [5.74, 6) is -0.701. The SMILES string of the molecule is CCCC(=O)NC(C(=O)O)c1ccc(OC)cc1. The van der Waals surface area contributed by atoms with Gasteiger partial charge in [0.1, 0.15) is 5.75 Å². The van der Waals surface area contributed by atoms with Crippen molar-refractivity contribution in [1.82, 2.24) is 5.32 Å². The zero-order valence-corrected chi connectivity index (χ0v) is 10.5. The largest absolute Gasteiger partial charge is 0.497 e. The lowest BCUT2D eigenvalue weighted by Gasteiger charge is -2.15. The molecule has 1 aromatic rings. The van der Waals surface area contributed by atoms with E-state index in [1.807, 2.05) is 6.92 Å². The molecular weight excluding hydrogens is 234 g/mol. The molecule has 1 aromatic carbocycles. The summed E-state index contributed by atoms with van der Waals surface area (Å²) >= 11 is 0. The van der Waals surface area contributed by atoms with E-state index in [4.69, 9.17) is 9.84 Å². The molecule has 0 fully saturated rings. The second-order valence-electron chi connectivity index (χ2n) is 3.86. The van der Waals surface area contributed by atoms with Crippen molar-refractivity contribution in [2.24, 2.45) is 0 Å². The highest BCUT2D eigenvalue weighted by molar-refractivity contribution is 5.84.